The molecule has 0 saturated carbocycles. The van der Waals surface area contributed by atoms with E-state index >= 15 is 0 Å². The molecule has 0 unspecified atom stereocenters. The van der Waals surface area contributed by atoms with Gasteiger partial charge in [-0.3, -0.25) is 14.7 Å². The zero-order chi connectivity index (χ0) is 16.1. The van der Waals surface area contributed by atoms with Gasteiger partial charge in [-0.25, -0.2) is 0 Å². The molecule has 2 aromatic rings. The first-order valence-corrected chi connectivity index (χ1v) is 8.28. The van der Waals surface area contributed by atoms with E-state index in [2.05, 4.69) is 46.4 Å². The maximum absolute atomic E-state index is 12.2. The van der Waals surface area contributed by atoms with Gasteiger partial charge in [-0.15, -0.1) is 0 Å². The average molecular weight is 309 g/mol. The van der Waals surface area contributed by atoms with Crippen molar-refractivity contribution in [1.29, 1.82) is 0 Å². The zero-order valence-corrected chi connectivity index (χ0v) is 13.5. The third-order valence-electron chi connectivity index (χ3n) is 4.54. The van der Waals surface area contributed by atoms with Crippen LogP contribution in [0, 0.1) is 0 Å². The van der Waals surface area contributed by atoms with Crippen molar-refractivity contribution in [3.63, 3.8) is 0 Å². The summed E-state index contributed by atoms with van der Waals surface area (Å²) < 4.78 is 0. The Morgan fingerprint density at radius 3 is 2.74 bits per heavy atom. The molecule has 0 fully saturated rings. The lowest BCUT2D eigenvalue weighted by atomic mass is 9.98. The Kier molecular flexibility index (Phi) is 5.03. The van der Waals surface area contributed by atoms with Gasteiger partial charge in [0.15, 0.2) is 0 Å². The number of aromatic nitrogens is 1. The van der Waals surface area contributed by atoms with Gasteiger partial charge in [-0.1, -0.05) is 37.3 Å². The number of rotatable bonds is 5. The van der Waals surface area contributed by atoms with Gasteiger partial charge in [0.2, 0.25) is 0 Å². The van der Waals surface area contributed by atoms with Crippen LogP contribution in [0.25, 0.3) is 0 Å². The maximum atomic E-state index is 12.2. The number of hydrogen-bond acceptors (Lipinski definition) is 3. The fourth-order valence-corrected chi connectivity index (χ4v) is 3.16. The van der Waals surface area contributed by atoms with E-state index in [9.17, 15) is 4.79 Å². The summed E-state index contributed by atoms with van der Waals surface area (Å²) in [4.78, 5) is 18.7. The van der Waals surface area contributed by atoms with E-state index in [1.165, 1.54) is 11.1 Å². The highest BCUT2D eigenvalue weighted by Gasteiger charge is 2.22. The zero-order valence-electron chi connectivity index (χ0n) is 13.5. The molecule has 1 aromatic carbocycles. The Balaban J connectivity index is 1.59. The number of carbonyl (C=O) groups excluding carboxylic acids is 1. The number of nitrogens with one attached hydrogen (secondary N) is 1. The van der Waals surface area contributed by atoms with E-state index in [0.717, 1.165) is 25.9 Å². The van der Waals surface area contributed by atoms with Crippen LogP contribution in [-0.2, 0) is 13.0 Å². The second kappa shape index (κ2) is 7.38. The number of carbonyl (C=O) groups is 1. The van der Waals surface area contributed by atoms with Crippen molar-refractivity contribution in [2.45, 2.75) is 32.4 Å². The normalized spacial score (nSPS) is 15.7. The summed E-state index contributed by atoms with van der Waals surface area (Å²) in [6, 6.07) is 14.4. The van der Waals surface area contributed by atoms with E-state index in [-0.39, 0.29) is 5.91 Å². The molecule has 1 aromatic heterocycles. The summed E-state index contributed by atoms with van der Waals surface area (Å²) in [5.74, 6) is -0.0959. The van der Waals surface area contributed by atoms with Crippen molar-refractivity contribution >= 4 is 5.91 Å². The van der Waals surface area contributed by atoms with Crippen molar-refractivity contribution in [1.82, 2.24) is 15.2 Å². The largest absolute Gasteiger partial charge is 0.349 e. The molecular formula is C19H23N3O. The molecule has 1 N–H and O–H groups in total. The van der Waals surface area contributed by atoms with Crippen LogP contribution in [0.15, 0.2) is 48.7 Å². The third-order valence-corrected chi connectivity index (χ3v) is 4.54. The fraction of sp³-hybridized carbons (Fsp3) is 0.368. The molecule has 0 radical (unpaired) electrons. The summed E-state index contributed by atoms with van der Waals surface area (Å²) in [7, 11) is 0. The number of benzene rings is 1. The van der Waals surface area contributed by atoms with E-state index in [1.54, 1.807) is 12.3 Å². The van der Waals surface area contributed by atoms with Crippen molar-refractivity contribution < 1.29 is 4.79 Å². The highest BCUT2D eigenvalue weighted by molar-refractivity contribution is 5.92. The second-order valence-corrected chi connectivity index (χ2v) is 5.98. The second-order valence-electron chi connectivity index (χ2n) is 5.98. The highest BCUT2D eigenvalue weighted by Crippen LogP contribution is 2.21. The maximum Gasteiger partial charge on any atom is 0.269 e. The molecule has 0 saturated heterocycles. The van der Waals surface area contributed by atoms with Gasteiger partial charge in [0.1, 0.15) is 5.69 Å². The first-order valence-electron chi connectivity index (χ1n) is 8.28. The van der Waals surface area contributed by atoms with Crippen LogP contribution < -0.4 is 5.32 Å². The molecule has 0 aliphatic carbocycles. The summed E-state index contributed by atoms with van der Waals surface area (Å²) in [6.07, 6.45) is 3.75. The number of amides is 1. The van der Waals surface area contributed by atoms with E-state index in [4.69, 9.17) is 0 Å². The minimum Gasteiger partial charge on any atom is -0.349 e. The number of nitrogens with zero attached hydrogens (tertiary/aromatic N) is 2. The SMILES string of the molecule is CC[C@H](CNC(=O)c1ccccn1)N1CCc2ccccc2C1. The number of fused-ring (bicyclic) bond motifs is 1. The molecule has 1 aliphatic heterocycles. The van der Waals surface area contributed by atoms with E-state index in [0.29, 0.717) is 18.3 Å². The monoisotopic (exact) mass is 309 g/mol. The Hall–Kier alpha value is -2.20. The van der Waals surface area contributed by atoms with Gasteiger partial charge in [-0.2, -0.15) is 0 Å². The van der Waals surface area contributed by atoms with Crippen LogP contribution in [0.4, 0.5) is 0 Å². The summed E-state index contributed by atoms with van der Waals surface area (Å²) in [5.41, 5.74) is 3.34. The van der Waals surface area contributed by atoms with Crippen LogP contribution in [0.3, 0.4) is 0 Å². The molecular weight excluding hydrogens is 286 g/mol. The Morgan fingerprint density at radius 1 is 1.22 bits per heavy atom. The van der Waals surface area contributed by atoms with Crippen molar-refractivity contribution in [3.8, 4) is 0 Å². The molecule has 4 heteroatoms. The van der Waals surface area contributed by atoms with Crippen LogP contribution in [0.1, 0.15) is 35.0 Å². The van der Waals surface area contributed by atoms with Gasteiger partial charge >= 0.3 is 0 Å². The Morgan fingerprint density at radius 2 is 2.00 bits per heavy atom. The van der Waals surface area contributed by atoms with Gasteiger partial charge in [0.05, 0.1) is 0 Å². The molecule has 120 valence electrons. The lowest BCUT2D eigenvalue weighted by Gasteiger charge is -2.35. The average Bonchev–Trinajstić information content (AvgIpc) is 2.62. The van der Waals surface area contributed by atoms with Gasteiger partial charge < -0.3 is 5.32 Å². The minimum atomic E-state index is -0.0959. The van der Waals surface area contributed by atoms with E-state index in [1.807, 2.05) is 12.1 Å². The Bertz CT molecular complexity index is 657. The summed E-state index contributed by atoms with van der Waals surface area (Å²) in [5, 5.41) is 3.03. The standard InChI is InChI=1S/C19H23N3O/c1-2-17(13-21-19(23)18-9-5-6-11-20-18)22-12-10-15-7-3-4-8-16(15)14-22/h3-9,11,17H,2,10,12-14H2,1H3,(H,21,23)/t17-/m1/s1. The molecule has 0 bridgehead atoms. The van der Waals surface area contributed by atoms with Gasteiger partial charge in [0, 0.05) is 31.9 Å². The summed E-state index contributed by atoms with van der Waals surface area (Å²) >= 11 is 0. The molecule has 1 aliphatic rings. The Labute approximate surface area is 137 Å². The van der Waals surface area contributed by atoms with Gasteiger partial charge in [0.25, 0.3) is 5.91 Å². The number of pyridine rings is 1. The molecule has 4 nitrogen and oxygen atoms in total. The van der Waals surface area contributed by atoms with Gasteiger partial charge in [-0.05, 0) is 36.1 Å². The highest BCUT2D eigenvalue weighted by atomic mass is 16.1. The quantitative estimate of drug-likeness (QED) is 0.923. The van der Waals surface area contributed by atoms with Crippen molar-refractivity contribution in [2.24, 2.45) is 0 Å². The predicted octanol–water partition coefficient (Wildman–Crippen LogP) is 2.65. The summed E-state index contributed by atoms with van der Waals surface area (Å²) in [6.45, 7) is 4.86. The molecule has 1 atom stereocenters. The first-order chi connectivity index (χ1) is 11.3. The van der Waals surface area contributed by atoms with Crippen LogP contribution in [0.5, 0.6) is 0 Å². The van der Waals surface area contributed by atoms with Crippen molar-refractivity contribution in [2.75, 3.05) is 13.1 Å². The van der Waals surface area contributed by atoms with Crippen LogP contribution >= 0.6 is 0 Å². The molecule has 3 rings (SSSR count). The lowest BCUT2D eigenvalue weighted by molar-refractivity contribution is 0.0921. The smallest absolute Gasteiger partial charge is 0.269 e. The van der Waals surface area contributed by atoms with Crippen molar-refractivity contribution in [3.05, 3.63) is 65.5 Å². The molecule has 2 heterocycles. The topological polar surface area (TPSA) is 45.2 Å². The third kappa shape index (κ3) is 3.77. The first kappa shape index (κ1) is 15.7. The number of hydrogen-bond donors (Lipinski definition) is 1. The van der Waals surface area contributed by atoms with Crippen LogP contribution in [-0.4, -0.2) is 34.9 Å². The molecule has 1 amide bonds. The van der Waals surface area contributed by atoms with Crippen LogP contribution in [0.2, 0.25) is 0 Å². The van der Waals surface area contributed by atoms with E-state index < -0.39 is 0 Å². The fourth-order valence-electron chi connectivity index (χ4n) is 3.16. The predicted molar refractivity (Wildman–Crippen MR) is 91.2 cm³/mol. The molecule has 0 spiro atoms. The minimum absolute atomic E-state index is 0.0959. The molecule has 23 heavy (non-hydrogen) atoms. The lowest BCUT2D eigenvalue weighted by Crippen LogP contribution is -2.45.